The van der Waals surface area contributed by atoms with Gasteiger partial charge in [-0.15, -0.1) is 12.4 Å². The van der Waals surface area contributed by atoms with Crippen LogP contribution in [0.3, 0.4) is 0 Å². The van der Waals surface area contributed by atoms with Crippen LogP contribution in [0, 0.1) is 5.92 Å². The van der Waals surface area contributed by atoms with Gasteiger partial charge < -0.3 is 10.1 Å². The van der Waals surface area contributed by atoms with Crippen molar-refractivity contribution >= 4 is 18.4 Å². The van der Waals surface area contributed by atoms with Gasteiger partial charge in [0.1, 0.15) is 12.6 Å². The van der Waals surface area contributed by atoms with Gasteiger partial charge in [-0.3, -0.25) is 4.79 Å². The summed E-state index contributed by atoms with van der Waals surface area (Å²) in [5.41, 5.74) is 1.12. The van der Waals surface area contributed by atoms with Crippen molar-refractivity contribution in [3.63, 3.8) is 0 Å². The molecule has 3 rings (SSSR count). The molecule has 0 bridgehead atoms. The van der Waals surface area contributed by atoms with Crippen LogP contribution in [0.5, 0.6) is 0 Å². The molecule has 2 unspecified atom stereocenters. The first-order chi connectivity index (χ1) is 12.4. The van der Waals surface area contributed by atoms with Crippen molar-refractivity contribution < 1.29 is 22.7 Å². The molecule has 3 nitrogen and oxygen atoms in total. The largest absolute Gasteiger partial charge is 0.460 e. The van der Waals surface area contributed by atoms with Crippen molar-refractivity contribution in [1.29, 1.82) is 0 Å². The van der Waals surface area contributed by atoms with Gasteiger partial charge in [0.05, 0.1) is 5.56 Å². The Balaban J connectivity index is 0.00000261. The lowest BCUT2D eigenvalue weighted by molar-refractivity contribution is -0.147. The van der Waals surface area contributed by atoms with Gasteiger partial charge in [0.15, 0.2) is 0 Å². The third-order valence-electron chi connectivity index (χ3n) is 4.54. The molecule has 1 N–H and O–H groups in total. The number of benzene rings is 2. The molecule has 2 aromatic rings. The number of hydrogen-bond acceptors (Lipinski definition) is 3. The Bertz CT molecular complexity index is 735. The molecule has 146 valence electrons. The lowest BCUT2D eigenvalue weighted by Gasteiger charge is -2.12. The highest BCUT2D eigenvalue weighted by Gasteiger charge is 2.32. The minimum Gasteiger partial charge on any atom is -0.460 e. The Morgan fingerprint density at radius 2 is 1.70 bits per heavy atom. The van der Waals surface area contributed by atoms with E-state index in [1.165, 1.54) is 12.1 Å². The van der Waals surface area contributed by atoms with Crippen molar-refractivity contribution in [2.45, 2.75) is 31.7 Å². The van der Waals surface area contributed by atoms with E-state index >= 15 is 0 Å². The van der Waals surface area contributed by atoms with E-state index in [-0.39, 0.29) is 36.9 Å². The molecule has 2 atom stereocenters. The standard InChI is InChI=1S/C20H20F3NO2.ClH/c21-20(22,23)17-8-6-14(7-9-17)10-16-11-18(24-12-16)19(25)26-13-15-4-2-1-3-5-15;/h1-9,16,18,24H,10-13H2;1H. The second kappa shape index (κ2) is 9.24. The van der Waals surface area contributed by atoms with E-state index < -0.39 is 11.7 Å². The molecule has 0 aliphatic carbocycles. The monoisotopic (exact) mass is 399 g/mol. The molecule has 1 heterocycles. The van der Waals surface area contributed by atoms with Crippen LogP contribution in [0.4, 0.5) is 13.2 Å². The fraction of sp³-hybridized carbons (Fsp3) is 0.350. The predicted octanol–water partition coefficient (Wildman–Crippen LogP) is 4.39. The van der Waals surface area contributed by atoms with E-state index in [1.54, 1.807) is 0 Å². The van der Waals surface area contributed by atoms with E-state index in [4.69, 9.17) is 4.74 Å². The second-order valence-corrected chi connectivity index (χ2v) is 6.55. The van der Waals surface area contributed by atoms with Crippen molar-refractivity contribution in [2.75, 3.05) is 6.54 Å². The van der Waals surface area contributed by atoms with Gasteiger partial charge in [0.2, 0.25) is 0 Å². The molecule has 0 radical (unpaired) electrons. The Labute approximate surface area is 162 Å². The zero-order chi connectivity index (χ0) is 18.6. The van der Waals surface area contributed by atoms with E-state index in [9.17, 15) is 18.0 Å². The molecule has 27 heavy (non-hydrogen) atoms. The Hall–Kier alpha value is -2.05. The fourth-order valence-corrected chi connectivity index (χ4v) is 3.14. The number of esters is 1. The van der Waals surface area contributed by atoms with Crippen LogP contribution < -0.4 is 5.32 Å². The SMILES string of the molecule is Cl.O=C(OCc1ccccc1)C1CC(Cc2ccc(C(F)(F)F)cc2)CN1. The molecule has 2 aromatic carbocycles. The number of hydrogen-bond donors (Lipinski definition) is 1. The quantitative estimate of drug-likeness (QED) is 0.758. The maximum atomic E-state index is 12.6. The van der Waals surface area contributed by atoms with Crippen LogP contribution in [0.2, 0.25) is 0 Å². The van der Waals surface area contributed by atoms with Gasteiger partial charge >= 0.3 is 12.1 Å². The molecule has 1 fully saturated rings. The minimum atomic E-state index is -4.32. The van der Waals surface area contributed by atoms with E-state index in [2.05, 4.69) is 5.32 Å². The third-order valence-corrected chi connectivity index (χ3v) is 4.54. The molecule has 1 saturated heterocycles. The zero-order valence-electron chi connectivity index (χ0n) is 14.5. The highest BCUT2D eigenvalue weighted by molar-refractivity contribution is 5.85. The lowest BCUT2D eigenvalue weighted by atomic mass is 9.96. The van der Waals surface area contributed by atoms with Crippen molar-refractivity contribution in [1.82, 2.24) is 5.32 Å². The lowest BCUT2D eigenvalue weighted by Crippen LogP contribution is -2.32. The maximum absolute atomic E-state index is 12.6. The summed E-state index contributed by atoms with van der Waals surface area (Å²) in [5.74, 6) is -0.0928. The average molecular weight is 400 g/mol. The van der Waals surface area contributed by atoms with Crippen molar-refractivity contribution in [3.8, 4) is 0 Å². The topological polar surface area (TPSA) is 38.3 Å². The third kappa shape index (κ3) is 5.97. The average Bonchev–Trinajstić information content (AvgIpc) is 3.09. The number of alkyl halides is 3. The molecule has 0 saturated carbocycles. The Kier molecular flexibility index (Phi) is 7.27. The molecule has 7 heteroatoms. The van der Waals surface area contributed by atoms with Crippen LogP contribution in [0.15, 0.2) is 54.6 Å². The summed E-state index contributed by atoms with van der Waals surface area (Å²) >= 11 is 0. The number of halogens is 4. The summed E-state index contributed by atoms with van der Waals surface area (Å²) in [5, 5.41) is 3.14. The second-order valence-electron chi connectivity index (χ2n) is 6.55. The number of ether oxygens (including phenoxy) is 1. The van der Waals surface area contributed by atoms with Crippen LogP contribution in [-0.4, -0.2) is 18.6 Å². The van der Waals surface area contributed by atoms with Crippen molar-refractivity contribution in [2.24, 2.45) is 5.92 Å². The van der Waals surface area contributed by atoms with Crippen LogP contribution in [-0.2, 0) is 28.7 Å². The molecule has 0 aromatic heterocycles. The first kappa shape index (κ1) is 21.3. The van der Waals surface area contributed by atoms with Gasteiger partial charge in [0, 0.05) is 0 Å². The fourth-order valence-electron chi connectivity index (χ4n) is 3.14. The van der Waals surface area contributed by atoms with Gasteiger partial charge in [0.25, 0.3) is 0 Å². The predicted molar refractivity (Wildman–Crippen MR) is 98.5 cm³/mol. The minimum absolute atomic E-state index is 0. The smallest absolute Gasteiger partial charge is 0.416 e. The normalized spacial score (nSPS) is 19.4. The number of nitrogens with one attached hydrogen (secondary N) is 1. The molecular weight excluding hydrogens is 379 g/mol. The van der Waals surface area contributed by atoms with Crippen molar-refractivity contribution in [3.05, 3.63) is 71.3 Å². The molecular formula is C20H21ClF3NO2. The first-order valence-electron chi connectivity index (χ1n) is 8.52. The van der Waals surface area contributed by atoms with E-state index in [0.717, 1.165) is 23.3 Å². The molecule has 0 amide bonds. The first-order valence-corrected chi connectivity index (χ1v) is 8.52. The van der Waals surface area contributed by atoms with Gasteiger partial charge in [-0.2, -0.15) is 13.2 Å². The number of carbonyl (C=O) groups excluding carboxylic acids is 1. The summed E-state index contributed by atoms with van der Waals surface area (Å²) < 4.78 is 43.1. The molecule has 1 aliphatic heterocycles. The summed E-state index contributed by atoms with van der Waals surface area (Å²) in [6.45, 7) is 0.882. The van der Waals surface area contributed by atoms with Gasteiger partial charge in [-0.1, -0.05) is 42.5 Å². The van der Waals surface area contributed by atoms with Crippen LogP contribution in [0.25, 0.3) is 0 Å². The number of carbonyl (C=O) groups is 1. The number of rotatable bonds is 5. The van der Waals surface area contributed by atoms with Crippen LogP contribution >= 0.6 is 12.4 Å². The maximum Gasteiger partial charge on any atom is 0.416 e. The highest BCUT2D eigenvalue weighted by Crippen LogP contribution is 2.30. The summed E-state index contributed by atoms with van der Waals surface area (Å²) in [7, 11) is 0. The zero-order valence-corrected chi connectivity index (χ0v) is 15.4. The van der Waals surface area contributed by atoms with E-state index in [1.807, 2.05) is 30.3 Å². The molecule has 1 aliphatic rings. The summed E-state index contributed by atoms with van der Waals surface area (Å²) in [6.07, 6.45) is -3.07. The summed E-state index contributed by atoms with van der Waals surface area (Å²) in [6, 6.07) is 14.3. The Morgan fingerprint density at radius 1 is 1.04 bits per heavy atom. The van der Waals surface area contributed by atoms with Gasteiger partial charge in [-0.05, 0) is 48.6 Å². The van der Waals surface area contributed by atoms with Crippen LogP contribution in [0.1, 0.15) is 23.1 Å². The van der Waals surface area contributed by atoms with E-state index in [0.29, 0.717) is 19.4 Å². The highest BCUT2D eigenvalue weighted by atomic mass is 35.5. The van der Waals surface area contributed by atoms with Gasteiger partial charge in [-0.25, -0.2) is 0 Å². The Morgan fingerprint density at radius 3 is 2.33 bits per heavy atom. The summed E-state index contributed by atoms with van der Waals surface area (Å²) in [4.78, 5) is 12.2. The molecule has 0 spiro atoms.